The number of aromatic nitrogens is 2. The van der Waals surface area contributed by atoms with Crippen molar-refractivity contribution in [3.05, 3.63) is 143 Å². The number of carbonyl (C=O) groups is 1. The maximum Gasteiger partial charge on any atom is 0.407 e. The Bertz CT molecular complexity index is 1460. The second kappa shape index (κ2) is 14.3. The Hall–Kier alpha value is -4.33. The molecular weight excluding hydrogens is 528 g/mol. The van der Waals surface area contributed by atoms with Gasteiger partial charge in [-0.2, -0.15) is 0 Å². The SMILES string of the molecule is O=C(O)N(CCC(Cc1cncs1)N(Cc1ccccc1)Cc1ccc(-c2ccccn2)cc1)Cc1ccccc1. The van der Waals surface area contributed by atoms with Crippen LogP contribution in [0.15, 0.2) is 121 Å². The lowest BCUT2D eigenvalue weighted by Crippen LogP contribution is -2.40. The highest BCUT2D eigenvalue weighted by molar-refractivity contribution is 7.09. The van der Waals surface area contributed by atoms with E-state index in [0.29, 0.717) is 19.5 Å². The van der Waals surface area contributed by atoms with Crippen LogP contribution in [-0.2, 0) is 26.1 Å². The predicted octanol–water partition coefficient (Wildman–Crippen LogP) is 7.39. The number of rotatable bonds is 13. The lowest BCUT2D eigenvalue weighted by atomic mass is 10.0. The highest BCUT2D eigenvalue weighted by atomic mass is 32.1. The Labute approximate surface area is 245 Å². The molecule has 0 saturated heterocycles. The van der Waals surface area contributed by atoms with Crippen molar-refractivity contribution in [3.8, 4) is 11.3 Å². The molecule has 2 aromatic heterocycles. The third kappa shape index (κ3) is 8.33. The topological polar surface area (TPSA) is 69.6 Å². The number of nitrogens with zero attached hydrogens (tertiary/aromatic N) is 4. The third-order valence-corrected chi connectivity index (χ3v) is 7.99. The van der Waals surface area contributed by atoms with Crippen molar-refractivity contribution in [1.82, 2.24) is 19.8 Å². The van der Waals surface area contributed by atoms with Crippen LogP contribution in [0.25, 0.3) is 11.3 Å². The van der Waals surface area contributed by atoms with Crippen molar-refractivity contribution in [2.45, 2.75) is 38.5 Å². The number of hydrogen-bond donors (Lipinski definition) is 1. The van der Waals surface area contributed by atoms with Crippen LogP contribution in [0, 0.1) is 0 Å². The highest BCUT2D eigenvalue weighted by Gasteiger charge is 2.23. The second-order valence-corrected chi connectivity index (χ2v) is 11.1. The molecule has 6 nitrogen and oxygen atoms in total. The summed E-state index contributed by atoms with van der Waals surface area (Å²) >= 11 is 1.65. The van der Waals surface area contributed by atoms with Gasteiger partial charge in [-0.25, -0.2) is 4.79 Å². The Morgan fingerprint density at radius 1 is 0.780 bits per heavy atom. The van der Waals surface area contributed by atoms with Gasteiger partial charge in [0.2, 0.25) is 0 Å². The van der Waals surface area contributed by atoms with Crippen LogP contribution < -0.4 is 0 Å². The standard InChI is InChI=1S/C34H34N4O2S/c39-34(40)37(23-27-9-3-1-4-10-27)20-18-31(21-32-22-35-26-41-32)38(24-28-11-5-2-6-12-28)25-29-14-16-30(17-15-29)33-13-7-8-19-36-33/h1-17,19,22,26,31H,18,20-21,23-25H2,(H,39,40). The summed E-state index contributed by atoms with van der Waals surface area (Å²) in [5, 5.41) is 10.0. The summed E-state index contributed by atoms with van der Waals surface area (Å²) in [6, 6.07) is 34.9. The Morgan fingerprint density at radius 3 is 2.00 bits per heavy atom. The zero-order valence-electron chi connectivity index (χ0n) is 22.9. The zero-order chi connectivity index (χ0) is 28.3. The van der Waals surface area contributed by atoms with Crippen LogP contribution >= 0.6 is 11.3 Å². The Kier molecular flexibility index (Phi) is 9.87. The average Bonchev–Trinajstić information content (AvgIpc) is 3.53. The molecule has 3 aromatic carbocycles. The van der Waals surface area contributed by atoms with E-state index in [-0.39, 0.29) is 6.04 Å². The van der Waals surface area contributed by atoms with Gasteiger partial charge in [0.15, 0.2) is 0 Å². The van der Waals surface area contributed by atoms with Crippen LogP contribution in [-0.4, -0.2) is 43.6 Å². The molecule has 0 saturated carbocycles. The van der Waals surface area contributed by atoms with Gasteiger partial charge in [0.05, 0.1) is 11.2 Å². The minimum absolute atomic E-state index is 0.115. The van der Waals surface area contributed by atoms with Crippen molar-refractivity contribution in [3.63, 3.8) is 0 Å². The van der Waals surface area contributed by atoms with Crippen LogP contribution in [0.2, 0.25) is 0 Å². The molecule has 5 aromatic rings. The van der Waals surface area contributed by atoms with E-state index in [2.05, 4.69) is 63.4 Å². The van der Waals surface area contributed by atoms with Gasteiger partial charge in [-0.3, -0.25) is 14.9 Å². The molecule has 0 bridgehead atoms. The molecule has 5 rings (SSSR count). The molecule has 1 unspecified atom stereocenters. The van der Waals surface area contributed by atoms with E-state index in [1.54, 1.807) is 11.3 Å². The summed E-state index contributed by atoms with van der Waals surface area (Å²) < 4.78 is 0. The summed E-state index contributed by atoms with van der Waals surface area (Å²) in [5.74, 6) is 0. The molecular formula is C34H34N4O2S. The Balaban J connectivity index is 1.39. The fourth-order valence-electron chi connectivity index (χ4n) is 5.02. The summed E-state index contributed by atoms with van der Waals surface area (Å²) in [6.07, 6.45) is 4.36. The normalized spacial score (nSPS) is 11.8. The van der Waals surface area contributed by atoms with E-state index in [1.165, 1.54) is 20.9 Å². The van der Waals surface area contributed by atoms with Gasteiger partial charge >= 0.3 is 6.09 Å². The van der Waals surface area contributed by atoms with Crippen molar-refractivity contribution in [2.75, 3.05) is 6.54 Å². The van der Waals surface area contributed by atoms with Crippen LogP contribution in [0.3, 0.4) is 0 Å². The number of amides is 1. The van der Waals surface area contributed by atoms with Crippen LogP contribution in [0.5, 0.6) is 0 Å². The summed E-state index contributed by atoms with van der Waals surface area (Å²) in [4.78, 5) is 26.2. The maximum absolute atomic E-state index is 12.2. The number of hydrogen-bond acceptors (Lipinski definition) is 5. The van der Waals surface area contributed by atoms with Crippen molar-refractivity contribution >= 4 is 17.4 Å². The van der Waals surface area contributed by atoms with Crippen LogP contribution in [0.4, 0.5) is 4.79 Å². The first-order valence-corrected chi connectivity index (χ1v) is 14.7. The molecule has 2 heterocycles. The largest absolute Gasteiger partial charge is 0.465 e. The van der Waals surface area contributed by atoms with Gasteiger partial charge in [0.1, 0.15) is 0 Å². The molecule has 0 aliphatic heterocycles. The van der Waals surface area contributed by atoms with Crippen molar-refractivity contribution in [2.24, 2.45) is 0 Å². The number of benzene rings is 3. The summed E-state index contributed by atoms with van der Waals surface area (Å²) in [6.45, 7) is 2.32. The molecule has 1 amide bonds. The van der Waals surface area contributed by atoms with E-state index >= 15 is 0 Å². The molecule has 208 valence electrons. The third-order valence-electron chi connectivity index (χ3n) is 7.18. The molecule has 0 radical (unpaired) electrons. The van der Waals surface area contributed by atoms with Crippen molar-refractivity contribution < 1.29 is 9.90 Å². The first kappa shape index (κ1) is 28.2. The van der Waals surface area contributed by atoms with Gasteiger partial charge < -0.3 is 10.0 Å². The molecule has 41 heavy (non-hydrogen) atoms. The first-order chi connectivity index (χ1) is 20.1. The van der Waals surface area contributed by atoms with E-state index in [4.69, 9.17) is 0 Å². The maximum atomic E-state index is 12.2. The van der Waals surface area contributed by atoms with Gasteiger partial charge in [0, 0.05) is 55.1 Å². The fourth-order valence-corrected chi connectivity index (χ4v) is 5.69. The molecule has 7 heteroatoms. The Morgan fingerprint density at radius 2 is 1.41 bits per heavy atom. The monoisotopic (exact) mass is 562 g/mol. The highest BCUT2D eigenvalue weighted by Crippen LogP contribution is 2.23. The van der Waals surface area contributed by atoms with Gasteiger partial charge in [-0.1, -0.05) is 91.0 Å². The zero-order valence-corrected chi connectivity index (χ0v) is 23.7. The van der Waals surface area contributed by atoms with Crippen molar-refractivity contribution in [1.29, 1.82) is 0 Å². The minimum atomic E-state index is -0.898. The number of thiazole rings is 1. The quantitative estimate of drug-likeness (QED) is 0.162. The van der Waals surface area contributed by atoms with E-state index in [0.717, 1.165) is 36.3 Å². The molecule has 0 aliphatic carbocycles. The molecule has 0 aliphatic rings. The molecule has 0 fully saturated rings. The minimum Gasteiger partial charge on any atom is -0.465 e. The molecule has 1 N–H and O–H groups in total. The van der Waals surface area contributed by atoms with E-state index < -0.39 is 6.09 Å². The fraction of sp³-hybridized carbons (Fsp3) is 0.206. The summed E-state index contributed by atoms with van der Waals surface area (Å²) in [5.41, 5.74) is 7.32. The first-order valence-electron chi connectivity index (χ1n) is 13.8. The number of pyridine rings is 1. The lowest BCUT2D eigenvalue weighted by molar-refractivity contribution is 0.123. The van der Waals surface area contributed by atoms with E-state index in [9.17, 15) is 9.90 Å². The summed E-state index contributed by atoms with van der Waals surface area (Å²) in [7, 11) is 0. The number of carboxylic acid groups (broad SMARTS) is 1. The average molecular weight is 563 g/mol. The van der Waals surface area contributed by atoms with Gasteiger partial charge in [-0.15, -0.1) is 11.3 Å². The van der Waals surface area contributed by atoms with Gasteiger partial charge in [0.25, 0.3) is 0 Å². The smallest absolute Gasteiger partial charge is 0.407 e. The predicted molar refractivity (Wildman–Crippen MR) is 164 cm³/mol. The lowest BCUT2D eigenvalue weighted by Gasteiger charge is -2.33. The van der Waals surface area contributed by atoms with Crippen LogP contribution in [0.1, 0.15) is 28.0 Å². The molecule has 0 spiro atoms. The molecule has 1 atom stereocenters. The van der Waals surface area contributed by atoms with Gasteiger partial charge in [-0.05, 0) is 41.7 Å². The van der Waals surface area contributed by atoms with E-state index in [1.807, 2.05) is 72.5 Å². The second-order valence-electron chi connectivity index (χ2n) is 10.1.